The molecule has 5 nitrogen and oxygen atoms in total. The van der Waals surface area contributed by atoms with Gasteiger partial charge in [0.1, 0.15) is 12.4 Å². The maximum Gasteiger partial charge on any atom is 0.317 e. The van der Waals surface area contributed by atoms with Crippen molar-refractivity contribution in [2.75, 3.05) is 39.3 Å². The molecule has 0 aromatic heterocycles. The zero-order chi connectivity index (χ0) is 16.1. The SMILES string of the molecule is Cl.O=C(NCCOc1c(Cl)ccc2c1CCNCC2)N1CCCC1. The number of halogens is 2. The molecule has 1 fully saturated rings. The summed E-state index contributed by atoms with van der Waals surface area (Å²) >= 11 is 6.32. The summed E-state index contributed by atoms with van der Waals surface area (Å²) in [5, 5.41) is 6.96. The van der Waals surface area contributed by atoms with Crippen LogP contribution in [0.15, 0.2) is 12.1 Å². The van der Waals surface area contributed by atoms with Gasteiger partial charge in [-0.1, -0.05) is 17.7 Å². The quantitative estimate of drug-likeness (QED) is 0.797. The summed E-state index contributed by atoms with van der Waals surface area (Å²) in [5.41, 5.74) is 2.50. The Hall–Kier alpha value is -1.17. The van der Waals surface area contributed by atoms with Gasteiger partial charge in [-0.3, -0.25) is 0 Å². The first kappa shape index (κ1) is 19.2. The van der Waals surface area contributed by atoms with Gasteiger partial charge in [0.05, 0.1) is 11.6 Å². The lowest BCUT2D eigenvalue weighted by atomic mass is 10.0. The Morgan fingerprint density at radius 3 is 2.79 bits per heavy atom. The Morgan fingerprint density at radius 2 is 2.00 bits per heavy atom. The van der Waals surface area contributed by atoms with Crippen molar-refractivity contribution in [3.8, 4) is 5.75 Å². The Kier molecular flexibility index (Phi) is 7.46. The number of urea groups is 1. The van der Waals surface area contributed by atoms with Crippen LogP contribution in [0.5, 0.6) is 5.75 Å². The van der Waals surface area contributed by atoms with Crippen molar-refractivity contribution in [2.45, 2.75) is 25.7 Å². The van der Waals surface area contributed by atoms with Crippen molar-refractivity contribution in [3.63, 3.8) is 0 Å². The summed E-state index contributed by atoms with van der Waals surface area (Å²) in [4.78, 5) is 13.8. The van der Waals surface area contributed by atoms with Gasteiger partial charge in [-0.2, -0.15) is 0 Å². The van der Waals surface area contributed by atoms with E-state index < -0.39 is 0 Å². The van der Waals surface area contributed by atoms with Crippen molar-refractivity contribution < 1.29 is 9.53 Å². The number of fused-ring (bicyclic) bond motifs is 1. The maximum absolute atomic E-state index is 11.9. The fourth-order valence-electron chi connectivity index (χ4n) is 3.21. The van der Waals surface area contributed by atoms with Crippen LogP contribution in [0, 0.1) is 0 Å². The fourth-order valence-corrected chi connectivity index (χ4v) is 3.44. The lowest BCUT2D eigenvalue weighted by molar-refractivity contribution is 0.205. The smallest absolute Gasteiger partial charge is 0.317 e. The summed E-state index contributed by atoms with van der Waals surface area (Å²) in [6, 6.07) is 4.00. The van der Waals surface area contributed by atoms with E-state index in [1.165, 1.54) is 11.1 Å². The Morgan fingerprint density at radius 1 is 1.25 bits per heavy atom. The van der Waals surface area contributed by atoms with Crippen LogP contribution >= 0.6 is 24.0 Å². The highest BCUT2D eigenvalue weighted by molar-refractivity contribution is 6.32. The van der Waals surface area contributed by atoms with E-state index in [9.17, 15) is 4.79 Å². The van der Waals surface area contributed by atoms with E-state index in [0.29, 0.717) is 18.2 Å². The number of hydrogen-bond donors (Lipinski definition) is 2. The van der Waals surface area contributed by atoms with Gasteiger partial charge < -0.3 is 20.3 Å². The molecule has 0 spiro atoms. The number of hydrogen-bond acceptors (Lipinski definition) is 3. The molecule has 1 aromatic carbocycles. The Labute approximate surface area is 154 Å². The van der Waals surface area contributed by atoms with Crippen molar-refractivity contribution in [3.05, 3.63) is 28.3 Å². The lowest BCUT2D eigenvalue weighted by Gasteiger charge is -2.18. The zero-order valence-electron chi connectivity index (χ0n) is 13.8. The Balaban J connectivity index is 0.00000208. The topological polar surface area (TPSA) is 53.6 Å². The van der Waals surface area contributed by atoms with Crippen LogP contribution in [0.25, 0.3) is 0 Å². The third-order valence-corrected chi connectivity index (χ3v) is 4.75. The molecule has 24 heavy (non-hydrogen) atoms. The van der Waals surface area contributed by atoms with Gasteiger partial charge in [0, 0.05) is 18.7 Å². The van der Waals surface area contributed by atoms with E-state index in [4.69, 9.17) is 16.3 Å². The summed E-state index contributed by atoms with van der Waals surface area (Å²) in [7, 11) is 0. The molecule has 2 amide bonds. The molecular weight excluding hydrogens is 349 g/mol. The third-order valence-electron chi connectivity index (χ3n) is 4.45. The first-order valence-electron chi connectivity index (χ1n) is 8.42. The predicted molar refractivity (Wildman–Crippen MR) is 98.7 cm³/mol. The molecule has 2 aliphatic heterocycles. The van der Waals surface area contributed by atoms with Crippen LogP contribution in [0.3, 0.4) is 0 Å². The van der Waals surface area contributed by atoms with Crippen LogP contribution < -0.4 is 15.4 Å². The van der Waals surface area contributed by atoms with Crippen molar-refractivity contribution in [1.82, 2.24) is 15.5 Å². The fraction of sp³-hybridized carbons (Fsp3) is 0.588. The van der Waals surface area contributed by atoms with Gasteiger partial charge in [-0.15, -0.1) is 12.4 Å². The monoisotopic (exact) mass is 373 g/mol. The molecule has 1 saturated heterocycles. The molecule has 0 unspecified atom stereocenters. The molecule has 1 aromatic rings. The van der Waals surface area contributed by atoms with Crippen molar-refractivity contribution >= 4 is 30.0 Å². The molecule has 134 valence electrons. The molecule has 7 heteroatoms. The maximum atomic E-state index is 11.9. The summed E-state index contributed by atoms with van der Waals surface area (Å²) in [6.07, 6.45) is 4.12. The molecular formula is C17H25Cl2N3O2. The third kappa shape index (κ3) is 4.68. The number of rotatable bonds is 4. The number of ether oxygens (including phenoxy) is 1. The molecule has 2 heterocycles. The van der Waals surface area contributed by atoms with E-state index in [1.807, 2.05) is 11.0 Å². The minimum absolute atomic E-state index is 0. The van der Waals surface area contributed by atoms with Crippen LogP contribution in [-0.4, -0.2) is 50.3 Å². The number of nitrogens with one attached hydrogen (secondary N) is 2. The molecule has 0 radical (unpaired) electrons. The van der Waals surface area contributed by atoms with E-state index in [0.717, 1.165) is 57.6 Å². The molecule has 3 rings (SSSR count). The van der Waals surface area contributed by atoms with Crippen LogP contribution in [-0.2, 0) is 12.8 Å². The molecule has 2 aliphatic rings. The van der Waals surface area contributed by atoms with Crippen molar-refractivity contribution in [2.24, 2.45) is 0 Å². The second-order valence-electron chi connectivity index (χ2n) is 6.04. The number of carbonyl (C=O) groups excluding carboxylic acids is 1. The average Bonchev–Trinajstić information content (AvgIpc) is 2.99. The van der Waals surface area contributed by atoms with Crippen molar-refractivity contribution in [1.29, 1.82) is 0 Å². The number of nitrogens with zero attached hydrogens (tertiary/aromatic N) is 1. The molecule has 2 N–H and O–H groups in total. The van der Waals surface area contributed by atoms with Crippen LogP contribution in [0.2, 0.25) is 5.02 Å². The van der Waals surface area contributed by atoms with E-state index in [1.54, 1.807) is 0 Å². The van der Waals surface area contributed by atoms with Gasteiger partial charge >= 0.3 is 6.03 Å². The predicted octanol–water partition coefficient (Wildman–Crippen LogP) is 2.63. The lowest BCUT2D eigenvalue weighted by Crippen LogP contribution is -2.39. The normalized spacial score (nSPS) is 16.8. The van der Waals surface area contributed by atoms with E-state index in [2.05, 4.69) is 16.7 Å². The zero-order valence-corrected chi connectivity index (χ0v) is 15.3. The standard InChI is InChI=1S/C17H24ClN3O2.ClH/c18-15-4-3-13-5-7-19-8-6-14(13)16(15)23-12-9-20-17(22)21-10-1-2-11-21;/h3-4,19H,1-2,5-12H2,(H,20,22);1H. The number of likely N-dealkylation sites (tertiary alicyclic amines) is 1. The second kappa shape index (κ2) is 9.35. The minimum Gasteiger partial charge on any atom is -0.490 e. The summed E-state index contributed by atoms with van der Waals surface area (Å²) < 4.78 is 5.91. The molecule has 0 aliphatic carbocycles. The van der Waals surface area contributed by atoms with Gasteiger partial charge in [-0.05, 0) is 50.4 Å². The Bertz CT molecular complexity index is 563. The van der Waals surface area contributed by atoms with E-state index >= 15 is 0 Å². The summed E-state index contributed by atoms with van der Waals surface area (Å²) in [6.45, 7) is 4.57. The number of amides is 2. The first-order valence-corrected chi connectivity index (χ1v) is 8.80. The average molecular weight is 374 g/mol. The van der Waals surface area contributed by atoms with Gasteiger partial charge in [0.25, 0.3) is 0 Å². The van der Waals surface area contributed by atoms with Crippen LogP contribution in [0.1, 0.15) is 24.0 Å². The van der Waals surface area contributed by atoms with Gasteiger partial charge in [0.15, 0.2) is 0 Å². The molecule has 0 atom stereocenters. The number of benzene rings is 1. The second-order valence-corrected chi connectivity index (χ2v) is 6.45. The van der Waals surface area contributed by atoms with Gasteiger partial charge in [0.2, 0.25) is 0 Å². The first-order chi connectivity index (χ1) is 11.3. The highest BCUT2D eigenvalue weighted by Crippen LogP contribution is 2.32. The molecule has 0 bridgehead atoms. The van der Waals surface area contributed by atoms with Gasteiger partial charge in [-0.25, -0.2) is 4.79 Å². The number of carbonyl (C=O) groups is 1. The van der Waals surface area contributed by atoms with Crippen LogP contribution in [0.4, 0.5) is 4.79 Å². The summed E-state index contributed by atoms with van der Waals surface area (Å²) in [5.74, 6) is 0.781. The van der Waals surface area contributed by atoms with E-state index in [-0.39, 0.29) is 18.4 Å². The largest absolute Gasteiger partial charge is 0.490 e. The highest BCUT2D eigenvalue weighted by atomic mass is 35.5. The molecule has 0 saturated carbocycles. The minimum atomic E-state index is 0. The highest BCUT2D eigenvalue weighted by Gasteiger charge is 2.18.